The lowest BCUT2D eigenvalue weighted by Gasteiger charge is -2.03. The van der Waals surface area contributed by atoms with Crippen molar-refractivity contribution >= 4 is 11.8 Å². The van der Waals surface area contributed by atoms with Gasteiger partial charge in [-0.25, -0.2) is 0 Å². The summed E-state index contributed by atoms with van der Waals surface area (Å²) in [4.78, 5) is 22.3. The molecule has 0 saturated heterocycles. The molecule has 0 aliphatic heterocycles. The van der Waals surface area contributed by atoms with Crippen LogP contribution in [-0.2, 0) is 9.59 Å². The van der Waals surface area contributed by atoms with Gasteiger partial charge in [0.1, 0.15) is 5.78 Å². The Kier molecular flexibility index (Phi) is 23.3. The number of hydrogen-bond acceptors (Lipinski definition) is 2. The normalized spacial score (nSPS) is 11.4. The monoisotopic (exact) mass is 422 g/mol. The fourth-order valence-corrected chi connectivity index (χ4v) is 3.84. The van der Waals surface area contributed by atoms with Crippen LogP contribution in [-0.4, -0.2) is 16.9 Å². The molecule has 0 radical (unpaired) electrons. The molecule has 3 nitrogen and oxygen atoms in total. The maximum atomic E-state index is 11.9. The average Bonchev–Trinajstić information content (AvgIpc) is 2.72. The summed E-state index contributed by atoms with van der Waals surface area (Å²) in [7, 11) is 0. The van der Waals surface area contributed by atoms with Crippen molar-refractivity contribution in [2.45, 2.75) is 148 Å². The highest BCUT2D eigenvalue weighted by Gasteiger charge is 2.00. The molecule has 0 fully saturated rings. The Morgan fingerprint density at radius 3 is 1.50 bits per heavy atom. The SMILES string of the molecule is CCCCCCCCCCCCCCCC(=O)C/C=C/CCCCCCCC(=O)O. The summed E-state index contributed by atoms with van der Waals surface area (Å²) in [6, 6.07) is 0. The summed E-state index contributed by atoms with van der Waals surface area (Å²) >= 11 is 0. The number of carbonyl (C=O) groups is 2. The van der Waals surface area contributed by atoms with Crippen LogP contribution >= 0.6 is 0 Å². The molecule has 1 N–H and O–H groups in total. The van der Waals surface area contributed by atoms with Crippen LogP contribution in [0.15, 0.2) is 12.2 Å². The number of ketones is 1. The number of unbranched alkanes of at least 4 members (excludes halogenated alkanes) is 17. The molecule has 176 valence electrons. The fourth-order valence-electron chi connectivity index (χ4n) is 3.84. The number of allylic oxidation sites excluding steroid dienone is 2. The van der Waals surface area contributed by atoms with Gasteiger partial charge in [-0.05, 0) is 25.7 Å². The van der Waals surface area contributed by atoms with Gasteiger partial charge in [0.05, 0.1) is 0 Å². The molecule has 0 aromatic heterocycles. The van der Waals surface area contributed by atoms with E-state index < -0.39 is 5.97 Å². The number of carboxylic acids is 1. The summed E-state index contributed by atoms with van der Waals surface area (Å²) < 4.78 is 0. The minimum atomic E-state index is -0.693. The summed E-state index contributed by atoms with van der Waals surface area (Å²) in [5, 5.41) is 8.58. The molecule has 0 spiro atoms. The van der Waals surface area contributed by atoms with E-state index in [1.807, 2.05) is 6.08 Å². The molecule has 0 atom stereocenters. The summed E-state index contributed by atoms with van der Waals surface area (Å²) in [6.45, 7) is 2.27. The quantitative estimate of drug-likeness (QED) is 0.125. The maximum absolute atomic E-state index is 11.9. The van der Waals surface area contributed by atoms with Gasteiger partial charge < -0.3 is 5.11 Å². The molecule has 0 unspecified atom stereocenters. The van der Waals surface area contributed by atoms with Crippen LogP contribution in [0.4, 0.5) is 0 Å². The molecule has 0 aromatic rings. The second-order valence-electron chi connectivity index (χ2n) is 8.91. The van der Waals surface area contributed by atoms with Gasteiger partial charge >= 0.3 is 5.97 Å². The Morgan fingerprint density at radius 2 is 1.00 bits per heavy atom. The molecule has 0 amide bonds. The first-order valence-electron chi connectivity index (χ1n) is 13.0. The van der Waals surface area contributed by atoms with Crippen LogP contribution in [0.2, 0.25) is 0 Å². The van der Waals surface area contributed by atoms with Gasteiger partial charge in [0.15, 0.2) is 0 Å². The Bertz CT molecular complexity index is 414. The number of rotatable bonds is 24. The van der Waals surface area contributed by atoms with E-state index in [1.54, 1.807) is 0 Å². The Labute approximate surface area is 187 Å². The molecule has 0 rings (SSSR count). The number of Topliss-reactive ketones (excluding diaryl/α,β-unsaturated/α-hetero) is 1. The third-order valence-electron chi connectivity index (χ3n) is 5.83. The zero-order valence-electron chi connectivity index (χ0n) is 20.0. The van der Waals surface area contributed by atoms with Crippen molar-refractivity contribution in [3.8, 4) is 0 Å². The number of carboxylic acid groups (broad SMARTS) is 1. The Hall–Kier alpha value is -1.12. The number of aliphatic carboxylic acids is 1. The second-order valence-corrected chi connectivity index (χ2v) is 8.91. The Balaban J connectivity index is 3.24. The minimum absolute atomic E-state index is 0.293. The van der Waals surface area contributed by atoms with Crippen LogP contribution in [0.3, 0.4) is 0 Å². The van der Waals surface area contributed by atoms with Crippen molar-refractivity contribution in [3.05, 3.63) is 12.2 Å². The molecule has 30 heavy (non-hydrogen) atoms. The molecule has 0 heterocycles. The highest BCUT2D eigenvalue weighted by Crippen LogP contribution is 2.13. The lowest BCUT2D eigenvalue weighted by atomic mass is 10.0. The van der Waals surface area contributed by atoms with Crippen LogP contribution in [0, 0.1) is 0 Å². The van der Waals surface area contributed by atoms with Gasteiger partial charge in [-0.2, -0.15) is 0 Å². The largest absolute Gasteiger partial charge is 0.481 e. The molecule has 0 saturated carbocycles. The van der Waals surface area contributed by atoms with Crippen LogP contribution < -0.4 is 0 Å². The predicted octanol–water partition coefficient (Wildman–Crippen LogP) is 8.80. The third-order valence-corrected chi connectivity index (χ3v) is 5.83. The zero-order valence-corrected chi connectivity index (χ0v) is 20.0. The molecular formula is C27H50O3. The third kappa shape index (κ3) is 24.9. The standard InChI is InChI=1S/C27H50O3/c1-2-3-4-5-6-7-8-9-10-11-14-17-20-23-26(28)24-21-18-15-12-13-16-19-22-25-27(29)30/h18,21H,2-17,19-20,22-25H2,1H3,(H,29,30)/b21-18+. The lowest BCUT2D eigenvalue weighted by Crippen LogP contribution is -1.95. The molecule has 0 bridgehead atoms. The van der Waals surface area contributed by atoms with Gasteiger partial charge in [-0.1, -0.05) is 115 Å². The molecule has 0 aliphatic carbocycles. The van der Waals surface area contributed by atoms with Gasteiger partial charge in [0.25, 0.3) is 0 Å². The summed E-state index contributed by atoms with van der Waals surface area (Å²) in [5.74, 6) is -0.315. The molecule has 3 heteroatoms. The smallest absolute Gasteiger partial charge is 0.303 e. The van der Waals surface area contributed by atoms with E-state index in [4.69, 9.17) is 5.11 Å². The van der Waals surface area contributed by atoms with E-state index in [0.717, 1.165) is 51.4 Å². The van der Waals surface area contributed by atoms with E-state index in [9.17, 15) is 9.59 Å². The van der Waals surface area contributed by atoms with E-state index in [0.29, 0.717) is 18.6 Å². The van der Waals surface area contributed by atoms with E-state index in [1.165, 1.54) is 77.0 Å². The van der Waals surface area contributed by atoms with Crippen molar-refractivity contribution in [3.63, 3.8) is 0 Å². The average molecular weight is 423 g/mol. The van der Waals surface area contributed by atoms with Crippen molar-refractivity contribution in [2.24, 2.45) is 0 Å². The highest BCUT2D eigenvalue weighted by molar-refractivity contribution is 5.79. The van der Waals surface area contributed by atoms with Gasteiger partial charge in [0.2, 0.25) is 0 Å². The Morgan fingerprint density at radius 1 is 0.567 bits per heavy atom. The van der Waals surface area contributed by atoms with Gasteiger partial charge in [-0.3, -0.25) is 9.59 Å². The summed E-state index contributed by atoms with van der Waals surface area (Å²) in [5.41, 5.74) is 0. The topological polar surface area (TPSA) is 54.4 Å². The van der Waals surface area contributed by atoms with Crippen molar-refractivity contribution < 1.29 is 14.7 Å². The van der Waals surface area contributed by atoms with Crippen molar-refractivity contribution in [1.82, 2.24) is 0 Å². The van der Waals surface area contributed by atoms with Gasteiger partial charge in [0, 0.05) is 19.3 Å². The first kappa shape index (κ1) is 28.9. The van der Waals surface area contributed by atoms with Crippen LogP contribution in [0.1, 0.15) is 148 Å². The predicted molar refractivity (Wildman–Crippen MR) is 129 cm³/mol. The fraction of sp³-hybridized carbons (Fsp3) is 0.852. The first-order valence-corrected chi connectivity index (χ1v) is 13.0. The molecule has 0 aromatic carbocycles. The van der Waals surface area contributed by atoms with E-state index in [2.05, 4.69) is 13.0 Å². The second kappa shape index (κ2) is 24.2. The summed E-state index contributed by atoms with van der Waals surface area (Å²) in [6.07, 6.45) is 29.5. The number of hydrogen-bond donors (Lipinski definition) is 1. The highest BCUT2D eigenvalue weighted by atomic mass is 16.4. The number of carbonyl (C=O) groups excluding carboxylic acids is 1. The van der Waals surface area contributed by atoms with E-state index >= 15 is 0 Å². The first-order chi connectivity index (χ1) is 14.7. The molecular weight excluding hydrogens is 372 g/mol. The zero-order chi connectivity index (χ0) is 22.1. The van der Waals surface area contributed by atoms with Crippen LogP contribution in [0.5, 0.6) is 0 Å². The van der Waals surface area contributed by atoms with Gasteiger partial charge in [-0.15, -0.1) is 0 Å². The van der Waals surface area contributed by atoms with Crippen LogP contribution in [0.25, 0.3) is 0 Å². The maximum Gasteiger partial charge on any atom is 0.303 e. The van der Waals surface area contributed by atoms with Crippen molar-refractivity contribution in [2.75, 3.05) is 0 Å². The lowest BCUT2D eigenvalue weighted by molar-refractivity contribution is -0.137. The van der Waals surface area contributed by atoms with E-state index in [-0.39, 0.29) is 0 Å². The minimum Gasteiger partial charge on any atom is -0.481 e. The van der Waals surface area contributed by atoms with Crippen molar-refractivity contribution in [1.29, 1.82) is 0 Å². The molecule has 0 aliphatic rings.